The van der Waals surface area contributed by atoms with Gasteiger partial charge in [-0.3, -0.25) is 4.68 Å². The number of aliphatic hydroxyl groups is 1. The summed E-state index contributed by atoms with van der Waals surface area (Å²) < 4.78 is 1.83. The number of nitrogens with zero attached hydrogens (tertiary/aromatic N) is 2. The van der Waals surface area contributed by atoms with Gasteiger partial charge in [0, 0.05) is 25.8 Å². The summed E-state index contributed by atoms with van der Waals surface area (Å²) in [5, 5.41) is 21.6. The summed E-state index contributed by atoms with van der Waals surface area (Å²) >= 11 is 5.78. The number of halogens is 1. The quantitative estimate of drug-likeness (QED) is 0.665. The predicted molar refractivity (Wildman–Crippen MR) is 71.8 cm³/mol. The molecule has 102 valence electrons. The van der Waals surface area contributed by atoms with Crippen molar-refractivity contribution in [2.45, 2.75) is 31.4 Å². The van der Waals surface area contributed by atoms with E-state index in [1.165, 1.54) is 0 Å². The highest BCUT2D eigenvalue weighted by Crippen LogP contribution is 2.14. The Kier molecular flexibility index (Phi) is 5.00. The van der Waals surface area contributed by atoms with Gasteiger partial charge < -0.3 is 15.7 Å². The van der Waals surface area contributed by atoms with E-state index in [1.807, 2.05) is 10.9 Å². The molecule has 0 spiro atoms. The fraction of sp³-hybridized carbons (Fsp3) is 0.750. The minimum atomic E-state index is -0.576. The SMILES string of the molecule is O[C@@]1(CNCCCn2cc(Cl)cn2)CCCNC1. The first kappa shape index (κ1) is 13.8. The van der Waals surface area contributed by atoms with Crippen LogP contribution in [0.2, 0.25) is 5.02 Å². The van der Waals surface area contributed by atoms with Crippen molar-refractivity contribution in [3.63, 3.8) is 0 Å². The molecule has 1 aromatic heterocycles. The Morgan fingerprint density at radius 3 is 3.17 bits per heavy atom. The van der Waals surface area contributed by atoms with Crippen molar-refractivity contribution in [2.24, 2.45) is 0 Å². The highest BCUT2D eigenvalue weighted by molar-refractivity contribution is 6.30. The molecule has 0 unspecified atom stereocenters. The van der Waals surface area contributed by atoms with Crippen molar-refractivity contribution in [1.29, 1.82) is 0 Å². The lowest BCUT2D eigenvalue weighted by Gasteiger charge is -2.32. The summed E-state index contributed by atoms with van der Waals surface area (Å²) in [5.74, 6) is 0. The molecule has 0 aromatic carbocycles. The third-order valence-electron chi connectivity index (χ3n) is 3.25. The maximum absolute atomic E-state index is 10.2. The fourth-order valence-electron chi connectivity index (χ4n) is 2.25. The van der Waals surface area contributed by atoms with Gasteiger partial charge >= 0.3 is 0 Å². The maximum Gasteiger partial charge on any atom is 0.0895 e. The zero-order chi connectivity index (χ0) is 12.8. The van der Waals surface area contributed by atoms with Crippen LogP contribution in [-0.4, -0.2) is 46.7 Å². The lowest BCUT2D eigenvalue weighted by atomic mass is 9.94. The van der Waals surface area contributed by atoms with Crippen molar-refractivity contribution in [3.05, 3.63) is 17.4 Å². The van der Waals surface area contributed by atoms with Gasteiger partial charge in [0.1, 0.15) is 0 Å². The van der Waals surface area contributed by atoms with Crippen LogP contribution in [0, 0.1) is 0 Å². The van der Waals surface area contributed by atoms with Crippen LogP contribution >= 0.6 is 11.6 Å². The average Bonchev–Trinajstić information content (AvgIpc) is 2.75. The monoisotopic (exact) mass is 272 g/mol. The molecule has 0 radical (unpaired) electrons. The zero-order valence-corrected chi connectivity index (χ0v) is 11.3. The van der Waals surface area contributed by atoms with Crippen LogP contribution in [0.4, 0.5) is 0 Å². The Hall–Kier alpha value is -0.620. The van der Waals surface area contributed by atoms with Gasteiger partial charge in [-0.15, -0.1) is 0 Å². The van der Waals surface area contributed by atoms with Crippen LogP contribution < -0.4 is 10.6 Å². The van der Waals surface area contributed by atoms with E-state index in [2.05, 4.69) is 15.7 Å². The summed E-state index contributed by atoms with van der Waals surface area (Å²) in [6.45, 7) is 4.08. The number of piperidine rings is 1. The number of aryl methyl sites for hydroxylation is 1. The molecule has 2 rings (SSSR count). The number of rotatable bonds is 6. The molecule has 1 aromatic rings. The van der Waals surface area contributed by atoms with Crippen LogP contribution in [-0.2, 0) is 6.54 Å². The summed E-state index contributed by atoms with van der Waals surface area (Å²) in [7, 11) is 0. The Morgan fingerprint density at radius 1 is 1.61 bits per heavy atom. The van der Waals surface area contributed by atoms with Crippen LogP contribution in [0.1, 0.15) is 19.3 Å². The van der Waals surface area contributed by atoms with Gasteiger partial charge in [-0.05, 0) is 32.4 Å². The van der Waals surface area contributed by atoms with Gasteiger partial charge in [-0.25, -0.2) is 0 Å². The van der Waals surface area contributed by atoms with Crippen LogP contribution in [0.5, 0.6) is 0 Å². The van der Waals surface area contributed by atoms with Crippen LogP contribution in [0.15, 0.2) is 12.4 Å². The number of hydrogen-bond acceptors (Lipinski definition) is 4. The molecular weight excluding hydrogens is 252 g/mol. The van der Waals surface area contributed by atoms with E-state index in [9.17, 15) is 5.11 Å². The summed E-state index contributed by atoms with van der Waals surface area (Å²) in [6.07, 6.45) is 6.36. The highest BCUT2D eigenvalue weighted by atomic mass is 35.5. The maximum atomic E-state index is 10.2. The van der Waals surface area contributed by atoms with Gasteiger partial charge in [-0.1, -0.05) is 11.6 Å². The number of hydrogen-bond donors (Lipinski definition) is 3. The summed E-state index contributed by atoms with van der Waals surface area (Å²) in [4.78, 5) is 0. The van der Waals surface area contributed by atoms with Crippen molar-refractivity contribution >= 4 is 11.6 Å². The lowest BCUT2D eigenvalue weighted by molar-refractivity contribution is 0.0172. The third-order valence-corrected chi connectivity index (χ3v) is 3.44. The van der Waals surface area contributed by atoms with Gasteiger partial charge in [0.25, 0.3) is 0 Å². The smallest absolute Gasteiger partial charge is 0.0895 e. The van der Waals surface area contributed by atoms with Gasteiger partial charge in [0.2, 0.25) is 0 Å². The molecule has 1 atom stereocenters. The molecule has 5 nitrogen and oxygen atoms in total. The summed E-state index contributed by atoms with van der Waals surface area (Å²) in [6, 6.07) is 0. The highest BCUT2D eigenvalue weighted by Gasteiger charge is 2.28. The van der Waals surface area contributed by atoms with E-state index in [1.54, 1.807) is 6.20 Å². The number of aromatic nitrogens is 2. The zero-order valence-electron chi connectivity index (χ0n) is 10.5. The molecule has 1 aliphatic heterocycles. The number of nitrogens with one attached hydrogen (secondary N) is 2. The first-order valence-corrected chi connectivity index (χ1v) is 6.88. The van der Waals surface area contributed by atoms with E-state index < -0.39 is 5.60 Å². The molecule has 18 heavy (non-hydrogen) atoms. The second-order valence-corrected chi connectivity index (χ2v) is 5.39. The molecule has 2 heterocycles. The Balaban J connectivity index is 1.58. The molecule has 1 aliphatic rings. The first-order chi connectivity index (χ1) is 8.68. The van der Waals surface area contributed by atoms with E-state index in [-0.39, 0.29) is 0 Å². The molecule has 0 aliphatic carbocycles. The van der Waals surface area contributed by atoms with E-state index >= 15 is 0 Å². The largest absolute Gasteiger partial charge is 0.387 e. The molecule has 1 saturated heterocycles. The Morgan fingerprint density at radius 2 is 2.50 bits per heavy atom. The first-order valence-electron chi connectivity index (χ1n) is 6.50. The van der Waals surface area contributed by atoms with Crippen molar-refractivity contribution in [1.82, 2.24) is 20.4 Å². The lowest BCUT2D eigenvalue weighted by Crippen LogP contribution is -2.52. The van der Waals surface area contributed by atoms with Crippen molar-refractivity contribution in [3.8, 4) is 0 Å². The second-order valence-electron chi connectivity index (χ2n) is 4.96. The Labute approximate surface area is 113 Å². The molecule has 6 heteroatoms. The van der Waals surface area contributed by atoms with Gasteiger partial charge in [0.15, 0.2) is 0 Å². The van der Waals surface area contributed by atoms with E-state index in [4.69, 9.17) is 11.6 Å². The summed E-state index contributed by atoms with van der Waals surface area (Å²) in [5.41, 5.74) is -0.576. The molecule has 0 bridgehead atoms. The average molecular weight is 273 g/mol. The molecule has 0 saturated carbocycles. The normalized spacial score (nSPS) is 24.3. The van der Waals surface area contributed by atoms with Crippen LogP contribution in [0.3, 0.4) is 0 Å². The minimum absolute atomic E-state index is 0.576. The topological polar surface area (TPSA) is 62.1 Å². The van der Waals surface area contributed by atoms with E-state index in [0.717, 1.165) is 38.9 Å². The predicted octanol–water partition coefficient (Wildman–Crippen LogP) is 0.631. The minimum Gasteiger partial charge on any atom is -0.387 e. The van der Waals surface area contributed by atoms with Crippen molar-refractivity contribution in [2.75, 3.05) is 26.2 Å². The third kappa shape index (κ3) is 4.24. The van der Waals surface area contributed by atoms with Gasteiger partial charge in [0.05, 0.1) is 16.8 Å². The molecule has 3 N–H and O–H groups in total. The van der Waals surface area contributed by atoms with Gasteiger partial charge in [-0.2, -0.15) is 5.10 Å². The Bertz CT molecular complexity index is 363. The standard InChI is InChI=1S/C12H21ClN4O/c13-11-7-16-17(8-11)6-2-5-15-10-12(18)3-1-4-14-9-12/h7-8,14-15,18H,1-6,9-10H2/t12-/m0/s1. The van der Waals surface area contributed by atoms with Crippen molar-refractivity contribution < 1.29 is 5.11 Å². The molecule has 1 fully saturated rings. The second kappa shape index (κ2) is 6.52. The fourth-order valence-corrected chi connectivity index (χ4v) is 2.41. The molecule has 0 amide bonds. The number of β-amino-alcohol motifs (C(OH)–C–C–N with tert-alkyl or cyclic N) is 1. The van der Waals surface area contributed by atoms with E-state index in [0.29, 0.717) is 18.1 Å². The molecular formula is C12H21ClN4O. The van der Waals surface area contributed by atoms with Crippen LogP contribution in [0.25, 0.3) is 0 Å².